The van der Waals surface area contributed by atoms with Crippen molar-refractivity contribution >= 4 is 21.6 Å². The number of anilines is 1. The van der Waals surface area contributed by atoms with Gasteiger partial charge in [0, 0.05) is 17.1 Å². The first-order chi connectivity index (χ1) is 6.65. The van der Waals surface area contributed by atoms with Crippen LogP contribution in [0.1, 0.15) is 12.5 Å². The third-order valence-corrected chi connectivity index (χ3v) is 2.40. The zero-order chi connectivity index (χ0) is 10.6. The minimum Gasteiger partial charge on any atom is -0.382 e. The Labute approximate surface area is 92.0 Å². The molecule has 74 valence electrons. The van der Waals surface area contributed by atoms with E-state index in [2.05, 4.69) is 27.3 Å². The van der Waals surface area contributed by atoms with E-state index >= 15 is 0 Å². The van der Waals surface area contributed by atoms with E-state index in [-0.39, 0.29) is 6.04 Å². The maximum atomic E-state index is 8.91. The van der Waals surface area contributed by atoms with Crippen LogP contribution in [0.5, 0.6) is 0 Å². The number of nitrogens with two attached hydrogens (primary N) is 1. The lowest BCUT2D eigenvalue weighted by Crippen LogP contribution is -2.25. The second kappa shape index (κ2) is 4.99. The van der Waals surface area contributed by atoms with Crippen LogP contribution in [0, 0.1) is 11.3 Å². The lowest BCUT2D eigenvalue weighted by atomic mass is 10.2. The number of benzene rings is 1. The number of rotatable bonds is 3. The number of nitrogens with zero attached hydrogens (tertiary/aromatic N) is 1. The fourth-order valence-corrected chi connectivity index (χ4v) is 1.51. The molecule has 14 heavy (non-hydrogen) atoms. The minimum absolute atomic E-state index is 0.0699. The van der Waals surface area contributed by atoms with E-state index in [0.29, 0.717) is 12.1 Å². The number of nitriles is 1. The third kappa shape index (κ3) is 2.72. The highest BCUT2D eigenvalue weighted by Gasteiger charge is 2.05. The highest BCUT2D eigenvalue weighted by molar-refractivity contribution is 9.10. The highest BCUT2D eigenvalue weighted by Crippen LogP contribution is 2.23. The Balaban J connectivity index is 2.87. The maximum absolute atomic E-state index is 8.91. The summed E-state index contributed by atoms with van der Waals surface area (Å²) in [4.78, 5) is 0. The number of hydrogen-bond acceptors (Lipinski definition) is 3. The Morgan fingerprint density at radius 2 is 2.36 bits per heavy atom. The van der Waals surface area contributed by atoms with E-state index in [1.165, 1.54) is 0 Å². The summed E-state index contributed by atoms with van der Waals surface area (Å²) in [5.74, 6) is 0. The van der Waals surface area contributed by atoms with Gasteiger partial charge in [-0.25, -0.2) is 0 Å². The molecule has 3 N–H and O–H groups in total. The smallest absolute Gasteiger partial charge is 0.103 e. The van der Waals surface area contributed by atoms with E-state index in [4.69, 9.17) is 11.0 Å². The lowest BCUT2D eigenvalue weighted by molar-refractivity contribution is 0.780. The molecular formula is C10H12BrN3. The van der Waals surface area contributed by atoms with E-state index < -0.39 is 0 Å². The van der Waals surface area contributed by atoms with E-state index in [9.17, 15) is 0 Å². The Morgan fingerprint density at radius 3 is 2.93 bits per heavy atom. The van der Waals surface area contributed by atoms with Gasteiger partial charge in [-0.1, -0.05) is 6.07 Å². The molecule has 0 aliphatic rings. The first-order valence-corrected chi connectivity index (χ1v) is 5.12. The third-order valence-electron chi connectivity index (χ3n) is 1.74. The summed E-state index contributed by atoms with van der Waals surface area (Å²) < 4.78 is 0.801. The van der Waals surface area contributed by atoms with Crippen molar-refractivity contribution in [2.24, 2.45) is 5.73 Å². The molecule has 0 bridgehead atoms. The lowest BCUT2D eigenvalue weighted by Gasteiger charge is -2.10. The predicted molar refractivity (Wildman–Crippen MR) is 61.0 cm³/mol. The predicted octanol–water partition coefficient (Wildman–Crippen LogP) is 2.08. The van der Waals surface area contributed by atoms with Gasteiger partial charge >= 0.3 is 0 Å². The largest absolute Gasteiger partial charge is 0.382 e. The molecule has 1 aromatic rings. The van der Waals surface area contributed by atoms with Crippen LogP contribution in [0.15, 0.2) is 22.7 Å². The van der Waals surface area contributed by atoms with Crippen molar-refractivity contribution in [3.05, 3.63) is 28.2 Å². The molecule has 1 unspecified atom stereocenters. The molecular weight excluding hydrogens is 242 g/mol. The van der Waals surface area contributed by atoms with E-state index in [1.807, 2.05) is 25.1 Å². The summed E-state index contributed by atoms with van der Waals surface area (Å²) in [5.41, 5.74) is 7.05. The fraction of sp³-hybridized carbons (Fsp3) is 0.300. The summed E-state index contributed by atoms with van der Waals surface area (Å²) in [6.07, 6.45) is 0. The number of hydrogen-bond donors (Lipinski definition) is 2. The van der Waals surface area contributed by atoms with Crippen LogP contribution in [-0.4, -0.2) is 12.6 Å². The molecule has 0 radical (unpaired) electrons. The Morgan fingerprint density at radius 1 is 1.64 bits per heavy atom. The zero-order valence-corrected chi connectivity index (χ0v) is 9.51. The van der Waals surface area contributed by atoms with Crippen molar-refractivity contribution < 1.29 is 0 Å². The van der Waals surface area contributed by atoms with Crippen LogP contribution in [0.4, 0.5) is 5.69 Å². The minimum atomic E-state index is 0.0699. The van der Waals surface area contributed by atoms with Gasteiger partial charge in [0.05, 0.1) is 11.3 Å². The van der Waals surface area contributed by atoms with Crippen LogP contribution in [0.3, 0.4) is 0 Å². The molecule has 4 heteroatoms. The zero-order valence-electron chi connectivity index (χ0n) is 7.92. The molecule has 0 aliphatic carbocycles. The molecule has 0 aliphatic heterocycles. The molecule has 0 heterocycles. The number of nitrogens with one attached hydrogen (secondary N) is 1. The molecule has 0 saturated carbocycles. The van der Waals surface area contributed by atoms with Crippen LogP contribution in [-0.2, 0) is 0 Å². The monoisotopic (exact) mass is 253 g/mol. The van der Waals surface area contributed by atoms with Crippen molar-refractivity contribution in [3.63, 3.8) is 0 Å². The highest BCUT2D eigenvalue weighted by atomic mass is 79.9. The molecule has 1 atom stereocenters. The molecule has 3 nitrogen and oxygen atoms in total. The van der Waals surface area contributed by atoms with Gasteiger partial charge in [0.15, 0.2) is 0 Å². The summed E-state index contributed by atoms with van der Waals surface area (Å²) in [6, 6.07) is 7.80. The van der Waals surface area contributed by atoms with Gasteiger partial charge in [0.1, 0.15) is 6.07 Å². The second-order valence-electron chi connectivity index (χ2n) is 3.13. The summed E-state index contributed by atoms with van der Waals surface area (Å²) in [6.45, 7) is 2.57. The fourth-order valence-electron chi connectivity index (χ4n) is 1.06. The van der Waals surface area contributed by atoms with Gasteiger partial charge in [-0.3, -0.25) is 0 Å². The molecule has 0 aromatic heterocycles. The van der Waals surface area contributed by atoms with Crippen molar-refractivity contribution in [1.29, 1.82) is 5.26 Å². The quantitative estimate of drug-likeness (QED) is 0.868. The van der Waals surface area contributed by atoms with Crippen molar-refractivity contribution in [2.45, 2.75) is 13.0 Å². The first kappa shape index (κ1) is 11.0. The molecule has 0 saturated heterocycles. The van der Waals surface area contributed by atoms with Crippen LogP contribution in [0.2, 0.25) is 0 Å². The number of halogens is 1. The van der Waals surface area contributed by atoms with Crippen LogP contribution in [0.25, 0.3) is 0 Å². The average molecular weight is 254 g/mol. The van der Waals surface area contributed by atoms with Gasteiger partial charge in [0.25, 0.3) is 0 Å². The van der Waals surface area contributed by atoms with Crippen molar-refractivity contribution in [3.8, 4) is 6.07 Å². The maximum Gasteiger partial charge on any atom is 0.103 e. The molecule has 1 aromatic carbocycles. The Kier molecular flexibility index (Phi) is 3.93. The van der Waals surface area contributed by atoms with Gasteiger partial charge in [0.2, 0.25) is 0 Å². The summed E-state index contributed by atoms with van der Waals surface area (Å²) in [7, 11) is 0. The average Bonchev–Trinajstić information content (AvgIpc) is 2.14. The van der Waals surface area contributed by atoms with Gasteiger partial charge in [-0.15, -0.1) is 0 Å². The van der Waals surface area contributed by atoms with Crippen LogP contribution < -0.4 is 11.1 Å². The normalized spacial score (nSPS) is 11.9. The molecule has 1 rings (SSSR count). The Bertz CT molecular complexity index is 355. The topological polar surface area (TPSA) is 61.8 Å². The molecule has 0 amide bonds. The van der Waals surface area contributed by atoms with E-state index in [1.54, 1.807) is 0 Å². The SMILES string of the molecule is CC(N)CNc1cccc(Br)c1C#N. The molecule has 0 fully saturated rings. The van der Waals surface area contributed by atoms with Gasteiger partial charge in [-0.05, 0) is 35.0 Å². The molecule has 0 spiro atoms. The summed E-state index contributed by atoms with van der Waals surface area (Å²) >= 11 is 3.32. The van der Waals surface area contributed by atoms with Crippen molar-refractivity contribution in [1.82, 2.24) is 0 Å². The first-order valence-electron chi connectivity index (χ1n) is 4.33. The van der Waals surface area contributed by atoms with Crippen LogP contribution >= 0.6 is 15.9 Å². The van der Waals surface area contributed by atoms with Gasteiger partial charge in [-0.2, -0.15) is 5.26 Å². The van der Waals surface area contributed by atoms with Crippen molar-refractivity contribution in [2.75, 3.05) is 11.9 Å². The summed E-state index contributed by atoms with van der Waals surface area (Å²) in [5, 5.41) is 12.0. The Hall–Kier alpha value is -1.05. The standard InChI is InChI=1S/C10H12BrN3/c1-7(13)6-14-10-4-2-3-9(11)8(10)5-12/h2-4,7,14H,6,13H2,1H3. The van der Waals surface area contributed by atoms with Gasteiger partial charge < -0.3 is 11.1 Å². The second-order valence-corrected chi connectivity index (χ2v) is 3.99. The van der Waals surface area contributed by atoms with E-state index in [0.717, 1.165) is 10.2 Å².